The van der Waals surface area contributed by atoms with Gasteiger partial charge in [0.25, 0.3) is 0 Å². The van der Waals surface area contributed by atoms with E-state index in [2.05, 4.69) is 17.6 Å². The molecule has 2 atom stereocenters. The molecule has 5 nitrogen and oxygen atoms in total. The van der Waals surface area contributed by atoms with E-state index in [1.54, 1.807) is 0 Å². The Morgan fingerprint density at radius 1 is 1.47 bits per heavy atom. The molecule has 0 aromatic carbocycles. The van der Waals surface area contributed by atoms with E-state index < -0.39 is 17.5 Å². The average molecular weight is 214 g/mol. The van der Waals surface area contributed by atoms with Gasteiger partial charge in [-0.25, -0.2) is 9.59 Å². The van der Waals surface area contributed by atoms with Gasteiger partial charge in [-0.15, -0.1) is 0 Å². The Balaban J connectivity index is 2.26. The first-order valence-electron chi connectivity index (χ1n) is 5.12. The van der Waals surface area contributed by atoms with Crippen molar-refractivity contribution in [1.82, 2.24) is 10.6 Å². The Bertz CT molecular complexity index is 276. The summed E-state index contributed by atoms with van der Waals surface area (Å²) in [4.78, 5) is 22.0. The molecule has 2 amide bonds. The number of amides is 2. The smallest absolute Gasteiger partial charge is 0.328 e. The molecule has 15 heavy (non-hydrogen) atoms. The van der Waals surface area contributed by atoms with E-state index >= 15 is 0 Å². The second kappa shape index (κ2) is 4.08. The van der Waals surface area contributed by atoms with E-state index in [1.807, 2.05) is 0 Å². The summed E-state index contributed by atoms with van der Waals surface area (Å²) in [5.41, 5.74) is -1.22. The number of nitrogens with one attached hydrogen (secondary N) is 2. The molecule has 1 fully saturated rings. The monoisotopic (exact) mass is 214 g/mol. The van der Waals surface area contributed by atoms with Gasteiger partial charge >= 0.3 is 12.0 Å². The average Bonchev–Trinajstić information content (AvgIpc) is 2.77. The molecule has 0 bridgehead atoms. The van der Waals surface area contributed by atoms with E-state index in [4.69, 9.17) is 5.11 Å². The second-order valence-corrected chi connectivity index (χ2v) is 4.74. The van der Waals surface area contributed by atoms with Crippen LogP contribution >= 0.6 is 0 Å². The minimum Gasteiger partial charge on any atom is -0.480 e. The fraction of sp³-hybridized carbons (Fsp3) is 0.800. The minimum atomic E-state index is -1.22. The highest BCUT2D eigenvalue weighted by Gasteiger charge is 2.33. The summed E-state index contributed by atoms with van der Waals surface area (Å²) in [6.07, 6.45) is 1.14. The van der Waals surface area contributed by atoms with Crippen LogP contribution < -0.4 is 10.6 Å². The molecule has 0 aliphatic heterocycles. The maximum atomic E-state index is 11.3. The van der Waals surface area contributed by atoms with Gasteiger partial charge in [0.15, 0.2) is 0 Å². The lowest BCUT2D eigenvalue weighted by atomic mass is 10.1. The molecule has 86 valence electrons. The van der Waals surface area contributed by atoms with Crippen molar-refractivity contribution < 1.29 is 14.7 Å². The van der Waals surface area contributed by atoms with Crippen LogP contribution in [-0.2, 0) is 4.79 Å². The molecular formula is C10H18N2O3. The molecule has 0 spiro atoms. The predicted octanol–water partition coefficient (Wildman–Crippen LogP) is 0.805. The highest BCUT2D eigenvalue weighted by Crippen LogP contribution is 2.36. The summed E-state index contributed by atoms with van der Waals surface area (Å²) in [5.74, 6) is 0.193. The van der Waals surface area contributed by atoms with Crippen LogP contribution in [0.15, 0.2) is 0 Å². The third kappa shape index (κ3) is 3.42. The molecule has 3 N–H and O–H groups in total. The number of carbonyl (C=O) groups excluding carboxylic acids is 1. The zero-order valence-electron chi connectivity index (χ0n) is 9.33. The van der Waals surface area contributed by atoms with Crippen molar-refractivity contribution in [2.45, 2.75) is 32.7 Å². The number of hydrogen-bond donors (Lipinski definition) is 3. The Kier molecular flexibility index (Phi) is 3.21. The number of carbonyl (C=O) groups is 2. The van der Waals surface area contributed by atoms with Gasteiger partial charge in [0.1, 0.15) is 5.54 Å². The largest absolute Gasteiger partial charge is 0.480 e. The highest BCUT2D eigenvalue weighted by molar-refractivity contribution is 5.85. The SMILES string of the molecule is CC1CC1CNC(=O)NC(C)(C)C(=O)O. The quantitative estimate of drug-likeness (QED) is 0.647. The van der Waals surface area contributed by atoms with Crippen molar-refractivity contribution in [3.8, 4) is 0 Å². The van der Waals surface area contributed by atoms with Crippen LogP contribution in [0.2, 0.25) is 0 Å². The number of carboxylic acids is 1. The van der Waals surface area contributed by atoms with Crippen molar-refractivity contribution >= 4 is 12.0 Å². The fourth-order valence-electron chi connectivity index (χ4n) is 1.29. The van der Waals surface area contributed by atoms with Gasteiger partial charge < -0.3 is 15.7 Å². The summed E-state index contributed by atoms with van der Waals surface area (Å²) >= 11 is 0. The third-order valence-electron chi connectivity index (χ3n) is 2.76. The molecule has 1 saturated carbocycles. The van der Waals surface area contributed by atoms with Crippen LogP contribution in [0.3, 0.4) is 0 Å². The van der Waals surface area contributed by atoms with Gasteiger partial charge in [0, 0.05) is 6.54 Å². The van der Waals surface area contributed by atoms with Crippen LogP contribution in [0.1, 0.15) is 27.2 Å². The number of urea groups is 1. The predicted molar refractivity (Wildman–Crippen MR) is 55.5 cm³/mol. The van der Waals surface area contributed by atoms with Crippen LogP contribution in [-0.4, -0.2) is 29.2 Å². The highest BCUT2D eigenvalue weighted by atomic mass is 16.4. The Morgan fingerprint density at radius 2 is 2.00 bits per heavy atom. The summed E-state index contributed by atoms with van der Waals surface area (Å²) in [6, 6.07) is -0.415. The standard InChI is InChI=1S/C10H18N2O3/c1-6-4-7(6)5-11-9(15)12-10(2,3)8(13)14/h6-7H,4-5H2,1-3H3,(H,13,14)(H2,11,12,15). The van der Waals surface area contributed by atoms with Crippen LogP contribution in [0.4, 0.5) is 4.79 Å². The fourth-order valence-corrected chi connectivity index (χ4v) is 1.29. The first kappa shape index (κ1) is 11.8. The topological polar surface area (TPSA) is 78.4 Å². The van der Waals surface area contributed by atoms with E-state index in [1.165, 1.54) is 13.8 Å². The van der Waals surface area contributed by atoms with Crippen LogP contribution in [0.25, 0.3) is 0 Å². The lowest BCUT2D eigenvalue weighted by Crippen LogP contribution is -2.53. The molecule has 0 aromatic rings. The first-order valence-corrected chi connectivity index (χ1v) is 5.12. The molecule has 1 aliphatic carbocycles. The Hall–Kier alpha value is -1.26. The van der Waals surface area contributed by atoms with Crippen molar-refractivity contribution in [1.29, 1.82) is 0 Å². The van der Waals surface area contributed by atoms with E-state index in [-0.39, 0.29) is 0 Å². The molecular weight excluding hydrogens is 196 g/mol. The summed E-state index contributed by atoms with van der Waals surface area (Å²) < 4.78 is 0. The lowest BCUT2D eigenvalue weighted by molar-refractivity contribution is -0.142. The third-order valence-corrected chi connectivity index (χ3v) is 2.76. The molecule has 0 aromatic heterocycles. The Labute approximate surface area is 89.2 Å². The minimum absolute atomic E-state index is 0.415. The van der Waals surface area contributed by atoms with E-state index in [0.717, 1.165) is 6.42 Å². The second-order valence-electron chi connectivity index (χ2n) is 4.74. The van der Waals surface area contributed by atoms with Gasteiger partial charge in [0.05, 0.1) is 0 Å². The maximum Gasteiger partial charge on any atom is 0.328 e. The van der Waals surface area contributed by atoms with Crippen molar-refractivity contribution in [2.75, 3.05) is 6.54 Å². The van der Waals surface area contributed by atoms with Crippen molar-refractivity contribution in [2.24, 2.45) is 11.8 Å². The number of hydrogen-bond acceptors (Lipinski definition) is 2. The van der Waals surface area contributed by atoms with Gasteiger partial charge in [-0.2, -0.15) is 0 Å². The van der Waals surface area contributed by atoms with Crippen molar-refractivity contribution in [3.63, 3.8) is 0 Å². The zero-order valence-corrected chi connectivity index (χ0v) is 9.33. The van der Waals surface area contributed by atoms with Gasteiger partial charge in [-0.3, -0.25) is 0 Å². The molecule has 2 unspecified atom stereocenters. The Morgan fingerprint density at radius 3 is 2.40 bits per heavy atom. The number of rotatable bonds is 4. The first-order chi connectivity index (χ1) is 6.83. The molecule has 1 aliphatic rings. The van der Waals surface area contributed by atoms with Crippen molar-refractivity contribution in [3.05, 3.63) is 0 Å². The van der Waals surface area contributed by atoms with E-state index in [0.29, 0.717) is 18.4 Å². The van der Waals surface area contributed by atoms with Crippen LogP contribution in [0, 0.1) is 11.8 Å². The number of aliphatic carboxylic acids is 1. The van der Waals surface area contributed by atoms with Gasteiger partial charge in [-0.1, -0.05) is 6.92 Å². The molecule has 0 saturated heterocycles. The van der Waals surface area contributed by atoms with Crippen LogP contribution in [0.5, 0.6) is 0 Å². The molecule has 0 heterocycles. The van der Waals surface area contributed by atoms with Gasteiger partial charge in [0.2, 0.25) is 0 Å². The van der Waals surface area contributed by atoms with Gasteiger partial charge in [-0.05, 0) is 32.1 Å². The number of carboxylic acid groups (broad SMARTS) is 1. The zero-order chi connectivity index (χ0) is 11.6. The molecule has 0 radical (unpaired) electrons. The van der Waals surface area contributed by atoms with E-state index in [9.17, 15) is 9.59 Å². The summed E-state index contributed by atoms with van der Waals surface area (Å²) in [7, 11) is 0. The normalized spacial score (nSPS) is 24.5. The maximum absolute atomic E-state index is 11.3. The molecule has 5 heteroatoms. The summed E-state index contributed by atoms with van der Waals surface area (Å²) in [5, 5.41) is 13.9. The molecule has 1 rings (SSSR count). The lowest BCUT2D eigenvalue weighted by Gasteiger charge is -2.21. The summed E-state index contributed by atoms with van der Waals surface area (Å²) in [6.45, 7) is 5.66.